The lowest BCUT2D eigenvalue weighted by molar-refractivity contribution is -0.122. The number of nitrogens with two attached hydrogens (primary N) is 1. The number of phosphoric acid groups is 3. The van der Waals surface area contributed by atoms with E-state index in [9.17, 15) is 47.7 Å². The molecule has 8 N–H and O–H groups in total. The van der Waals surface area contributed by atoms with E-state index in [4.69, 9.17) is 15.0 Å². The molecule has 2 aliphatic rings. The third kappa shape index (κ3) is 14.3. The van der Waals surface area contributed by atoms with Gasteiger partial charge in [-0.05, 0) is 30.7 Å². The third-order valence-corrected chi connectivity index (χ3v) is 12.9. The molecule has 0 radical (unpaired) electrons. The Labute approximate surface area is 266 Å². The number of amides is 1. The van der Waals surface area contributed by atoms with Crippen LogP contribution >= 0.6 is 31.1 Å². The van der Waals surface area contributed by atoms with Crippen LogP contribution in [0.3, 0.4) is 0 Å². The van der Waals surface area contributed by atoms with Gasteiger partial charge in [-0.1, -0.05) is 49.6 Å². The molecule has 46 heavy (non-hydrogen) atoms. The number of carbonyl (C=O) groups is 1. The van der Waals surface area contributed by atoms with Gasteiger partial charge in [0.15, 0.2) is 0 Å². The van der Waals surface area contributed by atoms with E-state index in [0.29, 0.717) is 12.0 Å². The van der Waals surface area contributed by atoms with Crippen molar-refractivity contribution in [3.05, 3.63) is 35.9 Å². The Balaban J connectivity index is 1.34. The number of ether oxygens (including phenoxy) is 1. The molecule has 2 fully saturated rings. The fraction of sp³-hybridized carbons (Fsp3) is 0.708. The Kier molecular flexibility index (Phi) is 15.2. The van der Waals surface area contributed by atoms with Crippen LogP contribution < -0.4 is 11.1 Å². The van der Waals surface area contributed by atoms with Crippen molar-refractivity contribution in [2.75, 3.05) is 25.9 Å². The van der Waals surface area contributed by atoms with E-state index in [1.54, 1.807) is 30.3 Å². The van der Waals surface area contributed by atoms with Crippen LogP contribution in [0.4, 0.5) is 0 Å². The Bertz CT molecular complexity index is 1320. The molecule has 0 spiro atoms. The van der Waals surface area contributed by atoms with Crippen LogP contribution in [0.25, 0.3) is 0 Å². The van der Waals surface area contributed by atoms with Crippen molar-refractivity contribution in [2.45, 2.75) is 75.9 Å². The summed E-state index contributed by atoms with van der Waals surface area (Å²) in [6, 6.07) is 7.40. The summed E-state index contributed by atoms with van der Waals surface area (Å²) >= 11 is 0. The standard InChI is InChI=1S/C24H42N2O16P4/c25-20(11-14-43(29,30)38-16-18-7-3-1-4-8-18)24(28)26-12-13-37-44(31,32)41-46(35,36)42-45(33,34)39-17-23-21(27)15-22(40-23)19-9-5-2-6-10-19/h1,3-4,7-8,19-23,27H,2,5-6,9-17,25H2,(H,26,28)(H,29,30)(H,31,32)(H,33,34)(H,35,36)/t20?,21?,22-,23-/m1/s1. The molecule has 1 aliphatic heterocycles. The Morgan fingerprint density at radius 2 is 1.57 bits per heavy atom. The van der Waals surface area contributed by atoms with Gasteiger partial charge >= 0.3 is 31.1 Å². The molecule has 0 aromatic heterocycles. The van der Waals surface area contributed by atoms with E-state index >= 15 is 0 Å². The molecular formula is C24H42N2O16P4. The summed E-state index contributed by atoms with van der Waals surface area (Å²) in [6.07, 6.45) is 2.40. The molecule has 1 aromatic carbocycles. The Morgan fingerprint density at radius 3 is 2.22 bits per heavy atom. The van der Waals surface area contributed by atoms with Crippen molar-refractivity contribution in [1.29, 1.82) is 0 Å². The van der Waals surface area contributed by atoms with Crippen molar-refractivity contribution in [3.63, 3.8) is 0 Å². The molecule has 1 heterocycles. The number of aliphatic hydroxyl groups is 1. The lowest BCUT2D eigenvalue weighted by atomic mass is 9.84. The maximum atomic E-state index is 12.2. The van der Waals surface area contributed by atoms with Gasteiger partial charge in [0.05, 0.1) is 44.2 Å². The highest BCUT2D eigenvalue weighted by atomic mass is 31.3. The average molecular weight is 738 g/mol. The van der Waals surface area contributed by atoms with Gasteiger partial charge in [0.25, 0.3) is 0 Å². The summed E-state index contributed by atoms with van der Waals surface area (Å²) in [6.45, 7) is -2.00. The second-order valence-electron chi connectivity index (χ2n) is 10.9. The molecule has 6 unspecified atom stereocenters. The second kappa shape index (κ2) is 17.7. The van der Waals surface area contributed by atoms with Crippen molar-refractivity contribution in [1.82, 2.24) is 5.32 Å². The number of phosphoric ester groups is 2. The lowest BCUT2D eigenvalue weighted by Gasteiger charge is -2.27. The SMILES string of the molecule is NC(CCP(=O)(O)OCc1ccccc1)C(=O)NCCOP(=O)(O)OP(=O)(O)OP(=O)(O)OC[C@H]1O[C@@H](C2CCCCC2)CC1O. The van der Waals surface area contributed by atoms with E-state index in [0.717, 1.165) is 32.1 Å². The molecule has 1 saturated carbocycles. The van der Waals surface area contributed by atoms with Crippen LogP contribution in [0.2, 0.25) is 0 Å². The zero-order valence-corrected chi connectivity index (χ0v) is 28.4. The number of aliphatic hydroxyl groups excluding tert-OH is 1. The fourth-order valence-corrected chi connectivity index (χ4v) is 9.52. The number of hydrogen-bond acceptors (Lipinski definition) is 13. The van der Waals surface area contributed by atoms with Gasteiger partial charge in [0.2, 0.25) is 5.91 Å². The minimum absolute atomic E-state index is 0.119. The van der Waals surface area contributed by atoms with Crippen LogP contribution in [0.15, 0.2) is 30.3 Å². The van der Waals surface area contributed by atoms with Gasteiger partial charge in [-0.3, -0.25) is 18.4 Å². The molecule has 0 bridgehead atoms. The summed E-state index contributed by atoms with van der Waals surface area (Å²) in [5, 5.41) is 12.5. The molecular weight excluding hydrogens is 696 g/mol. The highest BCUT2D eigenvalue weighted by molar-refractivity contribution is 7.66. The van der Waals surface area contributed by atoms with E-state index in [1.807, 2.05) is 0 Å². The molecule has 8 atom stereocenters. The quantitative estimate of drug-likeness (QED) is 0.0793. The highest BCUT2D eigenvalue weighted by Gasteiger charge is 2.44. The van der Waals surface area contributed by atoms with Crippen molar-refractivity contribution >= 4 is 37.0 Å². The largest absolute Gasteiger partial charge is 0.490 e. The first kappa shape index (κ1) is 39.6. The summed E-state index contributed by atoms with van der Waals surface area (Å²) in [7, 11) is -20.5. The molecule has 22 heteroatoms. The second-order valence-corrected chi connectivity index (χ2v) is 17.5. The Morgan fingerprint density at radius 1 is 0.935 bits per heavy atom. The van der Waals surface area contributed by atoms with Gasteiger partial charge in [0, 0.05) is 13.0 Å². The normalized spacial score (nSPS) is 26.7. The maximum Gasteiger partial charge on any atom is 0.490 e. The molecule has 1 aliphatic carbocycles. The van der Waals surface area contributed by atoms with E-state index in [2.05, 4.69) is 23.0 Å². The lowest BCUT2D eigenvalue weighted by Crippen LogP contribution is -2.42. The van der Waals surface area contributed by atoms with Crippen molar-refractivity contribution in [2.24, 2.45) is 11.7 Å². The van der Waals surface area contributed by atoms with Gasteiger partial charge in [-0.25, -0.2) is 13.7 Å². The first-order valence-electron chi connectivity index (χ1n) is 14.5. The molecule has 3 rings (SSSR count). The van der Waals surface area contributed by atoms with Crippen LogP contribution in [-0.4, -0.2) is 80.9 Å². The maximum absolute atomic E-state index is 12.2. The topological polar surface area (TPSA) is 280 Å². The summed E-state index contributed by atoms with van der Waals surface area (Å²) in [4.78, 5) is 51.5. The monoisotopic (exact) mass is 738 g/mol. The average Bonchev–Trinajstić information content (AvgIpc) is 3.36. The minimum atomic E-state index is -5.73. The molecule has 1 aromatic rings. The predicted octanol–water partition coefficient (Wildman–Crippen LogP) is 2.69. The summed E-state index contributed by atoms with van der Waals surface area (Å²) in [5.74, 6) is -0.575. The number of benzene rings is 1. The number of nitrogens with one attached hydrogen (secondary N) is 1. The minimum Gasteiger partial charge on any atom is -0.390 e. The van der Waals surface area contributed by atoms with Crippen LogP contribution in [0.1, 0.15) is 50.5 Å². The van der Waals surface area contributed by atoms with E-state index < -0.39 is 81.1 Å². The molecule has 1 saturated heterocycles. The Hall–Kier alpha value is -0.870. The smallest absolute Gasteiger partial charge is 0.390 e. The van der Waals surface area contributed by atoms with Crippen LogP contribution in [0, 0.1) is 5.92 Å². The zero-order valence-electron chi connectivity index (χ0n) is 24.9. The first-order chi connectivity index (χ1) is 21.5. The number of rotatable bonds is 19. The van der Waals surface area contributed by atoms with Crippen LogP contribution in [-0.2, 0) is 56.6 Å². The first-order valence-corrected chi connectivity index (χ1v) is 20.8. The summed E-state index contributed by atoms with van der Waals surface area (Å²) in [5.41, 5.74) is 6.39. The number of carbonyl (C=O) groups excluding carboxylic acids is 1. The van der Waals surface area contributed by atoms with Crippen molar-refractivity contribution < 1.29 is 74.7 Å². The predicted molar refractivity (Wildman–Crippen MR) is 161 cm³/mol. The molecule has 264 valence electrons. The fourth-order valence-electron chi connectivity index (χ4n) is 4.92. The van der Waals surface area contributed by atoms with Crippen LogP contribution in [0.5, 0.6) is 0 Å². The third-order valence-electron chi connectivity index (χ3n) is 7.23. The van der Waals surface area contributed by atoms with Gasteiger partial charge in [-0.2, -0.15) is 8.62 Å². The van der Waals surface area contributed by atoms with Gasteiger partial charge in [0.1, 0.15) is 6.10 Å². The van der Waals surface area contributed by atoms with Crippen molar-refractivity contribution in [3.8, 4) is 0 Å². The summed E-state index contributed by atoms with van der Waals surface area (Å²) < 4.78 is 76.7. The molecule has 1 amide bonds. The zero-order chi connectivity index (χ0) is 34.0. The van der Waals surface area contributed by atoms with E-state index in [-0.39, 0.29) is 25.0 Å². The van der Waals surface area contributed by atoms with Gasteiger partial charge in [-0.15, -0.1) is 0 Å². The van der Waals surface area contributed by atoms with Gasteiger partial charge < -0.3 is 45.0 Å². The number of hydrogen-bond donors (Lipinski definition) is 7. The highest BCUT2D eigenvalue weighted by Crippen LogP contribution is 2.67. The molecule has 18 nitrogen and oxygen atoms in total. The van der Waals surface area contributed by atoms with E-state index in [1.165, 1.54) is 0 Å².